The fraction of sp³-hybridized carbons (Fsp3) is 0.400. The van der Waals surface area contributed by atoms with E-state index in [-0.39, 0.29) is 17.8 Å². The lowest BCUT2D eigenvalue weighted by atomic mass is 10.1. The molecule has 0 aliphatic carbocycles. The van der Waals surface area contributed by atoms with Gasteiger partial charge in [0.1, 0.15) is 17.6 Å². The highest BCUT2D eigenvalue weighted by Gasteiger charge is 2.19. The maximum Gasteiger partial charge on any atom is 0.255 e. The highest BCUT2D eigenvalue weighted by Crippen LogP contribution is 2.40. The average molecular weight is 435 g/mol. The van der Waals surface area contributed by atoms with Crippen LogP contribution < -0.4 is 5.32 Å². The number of rotatable bonds is 6. The van der Waals surface area contributed by atoms with Crippen molar-refractivity contribution in [2.45, 2.75) is 26.4 Å². The first-order chi connectivity index (χ1) is 10.4. The fourth-order valence-corrected chi connectivity index (χ4v) is 3.26. The van der Waals surface area contributed by atoms with Gasteiger partial charge in [0.2, 0.25) is 0 Å². The normalized spacial score (nSPS) is 11.3. The zero-order chi connectivity index (χ0) is 16.3. The maximum absolute atomic E-state index is 12.2. The van der Waals surface area contributed by atoms with Gasteiger partial charge < -0.3 is 19.6 Å². The van der Waals surface area contributed by atoms with Crippen LogP contribution in [0.1, 0.15) is 30.6 Å². The molecule has 0 aliphatic rings. The Morgan fingerprint density at radius 1 is 1.45 bits per heavy atom. The van der Waals surface area contributed by atoms with Gasteiger partial charge in [-0.25, -0.2) is 0 Å². The first kappa shape index (κ1) is 17.3. The summed E-state index contributed by atoms with van der Waals surface area (Å²) in [5.74, 6) is -0.209. The minimum atomic E-state index is -0.245. The first-order valence-electron chi connectivity index (χ1n) is 6.89. The number of hydrogen-bond acceptors (Lipinski definition) is 4. The molecule has 0 spiro atoms. The molecule has 1 amide bonds. The van der Waals surface area contributed by atoms with Gasteiger partial charge >= 0.3 is 0 Å². The third-order valence-electron chi connectivity index (χ3n) is 3.03. The number of hydrogen-bond donors (Lipinski definition) is 2. The molecule has 2 N–H and O–H groups in total. The number of fused-ring (bicyclic) bond motifs is 1. The Balaban J connectivity index is 2.08. The van der Waals surface area contributed by atoms with Gasteiger partial charge in [-0.3, -0.25) is 4.79 Å². The molecule has 0 bridgehead atoms. The zero-order valence-electron chi connectivity index (χ0n) is 12.3. The van der Waals surface area contributed by atoms with Crippen LogP contribution in [0.25, 0.3) is 11.0 Å². The number of furan rings is 1. The van der Waals surface area contributed by atoms with Crippen LogP contribution in [0.5, 0.6) is 5.75 Å². The third kappa shape index (κ3) is 3.83. The van der Waals surface area contributed by atoms with Crippen LogP contribution >= 0.6 is 31.9 Å². The van der Waals surface area contributed by atoms with Crippen LogP contribution in [0.2, 0.25) is 0 Å². The van der Waals surface area contributed by atoms with E-state index in [0.29, 0.717) is 38.6 Å². The van der Waals surface area contributed by atoms with E-state index in [9.17, 15) is 9.90 Å². The van der Waals surface area contributed by atoms with Crippen molar-refractivity contribution in [1.29, 1.82) is 0 Å². The van der Waals surface area contributed by atoms with Crippen LogP contribution in [-0.2, 0) is 4.74 Å². The van der Waals surface area contributed by atoms with Crippen molar-refractivity contribution in [1.82, 2.24) is 5.32 Å². The van der Waals surface area contributed by atoms with Gasteiger partial charge in [-0.2, -0.15) is 0 Å². The number of carbonyl (C=O) groups excluding carboxylic acids is 1. The molecule has 0 radical (unpaired) electrons. The molecule has 1 aromatic carbocycles. The number of amides is 1. The van der Waals surface area contributed by atoms with Gasteiger partial charge in [-0.15, -0.1) is 0 Å². The van der Waals surface area contributed by atoms with Crippen LogP contribution in [0, 0.1) is 0 Å². The van der Waals surface area contributed by atoms with Gasteiger partial charge in [0.15, 0.2) is 0 Å². The molecule has 0 saturated carbocycles. The SMILES string of the molecule is CC(C)OCCCNC(=O)c1coc2cc(Br)c(O)c(Br)c12. The summed E-state index contributed by atoms with van der Waals surface area (Å²) in [5, 5.41) is 13.3. The lowest BCUT2D eigenvalue weighted by molar-refractivity contribution is 0.0757. The first-order valence-corrected chi connectivity index (χ1v) is 8.48. The van der Waals surface area contributed by atoms with Crippen LogP contribution in [0.15, 0.2) is 25.7 Å². The number of halogens is 2. The number of aromatic hydroxyl groups is 1. The van der Waals surface area contributed by atoms with Gasteiger partial charge in [0.25, 0.3) is 5.91 Å². The van der Waals surface area contributed by atoms with Crippen molar-refractivity contribution < 1.29 is 19.1 Å². The molecule has 1 heterocycles. The maximum atomic E-state index is 12.2. The van der Waals surface area contributed by atoms with Gasteiger partial charge in [-0.1, -0.05) is 0 Å². The second-order valence-corrected chi connectivity index (χ2v) is 6.72. The summed E-state index contributed by atoms with van der Waals surface area (Å²) in [6.07, 6.45) is 2.31. The van der Waals surface area contributed by atoms with Crippen LogP contribution in [-0.4, -0.2) is 30.3 Å². The molecule has 2 rings (SSSR count). The number of phenols is 1. The van der Waals surface area contributed by atoms with Gasteiger partial charge in [-0.05, 0) is 58.2 Å². The molecule has 0 saturated heterocycles. The van der Waals surface area contributed by atoms with Crippen LogP contribution in [0.3, 0.4) is 0 Å². The third-order valence-corrected chi connectivity index (χ3v) is 4.41. The Kier molecular flexibility index (Phi) is 5.88. The predicted octanol–water partition coefficient (Wildman–Crippen LogP) is 4.21. The number of phenolic OH excluding ortho intramolecular Hbond substituents is 1. The molecular weight excluding hydrogens is 418 g/mol. The van der Waals surface area contributed by atoms with Gasteiger partial charge in [0.05, 0.1) is 26.0 Å². The minimum absolute atomic E-state index is 0.0354. The number of benzene rings is 1. The molecule has 0 fully saturated rings. The van der Waals surface area contributed by atoms with Crippen molar-refractivity contribution in [3.8, 4) is 5.75 Å². The summed E-state index contributed by atoms with van der Waals surface area (Å²) in [4.78, 5) is 12.2. The molecule has 0 unspecified atom stereocenters. The smallest absolute Gasteiger partial charge is 0.255 e. The van der Waals surface area contributed by atoms with E-state index in [1.54, 1.807) is 6.07 Å². The second-order valence-electron chi connectivity index (χ2n) is 5.07. The standard InChI is InChI=1S/C15H17Br2NO4/c1-8(2)21-5-3-4-18-15(20)9-7-22-11-6-10(16)14(19)13(17)12(9)11/h6-8,19H,3-5H2,1-2H3,(H,18,20). The van der Waals surface area contributed by atoms with Crippen molar-refractivity contribution in [3.05, 3.63) is 26.8 Å². The molecule has 1 aromatic heterocycles. The summed E-state index contributed by atoms with van der Waals surface area (Å²) in [6.45, 7) is 5.05. The Hall–Kier alpha value is -1.05. The van der Waals surface area contributed by atoms with E-state index in [2.05, 4.69) is 37.2 Å². The van der Waals surface area contributed by atoms with Gasteiger partial charge in [0, 0.05) is 13.2 Å². The summed E-state index contributed by atoms with van der Waals surface area (Å²) < 4.78 is 11.7. The molecule has 2 aromatic rings. The number of carbonyl (C=O) groups is 1. The second kappa shape index (κ2) is 7.48. The summed E-state index contributed by atoms with van der Waals surface area (Å²) in [7, 11) is 0. The largest absolute Gasteiger partial charge is 0.506 e. The highest BCUT2D eigenvalue weighted by molar-refractivity contribution is 9.11. The predicted molar refractivity (Wildman–Crippen MR) is 91.3 cm³/mol. The van der Waals surface area contributed by atoms with E-state index in [0.717, 1.165) is 6.42 Å². The van der Waals surface area contributed by atoms with E-state index in [1.807, 2.05) is 13.8 Å². The van der Waals surface area contributed by atoms with Crippen molar-refractivity contribution in [2.24, 2.45) is 0 Å². The topological polar surface area (TPSA) is 71.7 Å². The van der Waals surface area contributed by atoms with E-state index < -0.39 is 0 Å². The van der Waals surface area contributed by atoms with E-state index >= 15 is 0 Å². The average Bonchev–Trinajstić information content (AvgIpc) is 2.87. The summed E-state index contributed by atoms with van der Waals surface area (Å²) in [6, 6.07) is 1.63. The van der Waals surface area contributed by atoms with Crippen molar-refractivity contribution in [2.75, 3.05) is 13.2 Å². The molecule has 5 nitrogen and oxygen atoms in total. The summed E-state index contributed by atoms with van der Waals surface area (Å²) in [5.41, 5.74) is 0.902. The van der Waals surface area contributed by atoms with E-state index in [1.165, 1.54) is 6.26 Å². The quantitative estimate of drug-likeness (QED) is 0.668. The molecule has 0 aliphatic heterocycles. The summed E-state index contributed by atoms with van der Waals surface area (Å²) >= 11 is 6.53. The molecule has 7 heteroatoms. The fourth-order valence-electron chi connectivity index (χ4n) is 1.97. The Morgan fingerprint density at radius 3 is 2.86 bits per heavy atom. The van der Waals surface area contributed by atoms with Crippen molar-refractivity contribution >= 4 is 48.7 Å². The molecule has 120 valence electrons. The zero-order valence-corrected chi connectivity index (χ0v) is 15.5. The molecular formula is C15H17Br2NO4. The lowest BCUT2D eigenvalue weighted by Crippen LogP contribution is -2.25. The highest BCUT2D eigenvalue weighted by atomic mass is 79.9. The Labute approximate surface area is 145 Å². The molecule has 22 heavy (non-hydrogen) atoms. The van der Waals surface area contributed by atoms with Crippen molar-refractivity contribution in [3.63, 3.8) is 0 Å². The van der Waals surface area contributed by atoms with Crippen LogP contribution in [0.4, 0.5) is 0 Å². The monoisotopic (exact) mass is 433 g/mol. The number of ether oxygens (including phenoxy) is 1. The minimum Gasteiger partial charge on any atom is -0.506 e. The Morgan fingerprint density at radius 2 is 2.18 bits per heavy atom. The lowest BCUT2D eigenvalue weighted by Gasteiger charge is -2.08. The molecule has 0 atom stereocenters. The number of nitrogens with one attached hydrogen (secondary N) is 1. The Bertz CT molecular complexity index is 682. The van der Waals surface area contributed by atoms with E-state index in [4.69, 9.17) is 9.15 Å².